The number of aliphatic hydroxyl groups is 1. The number of likely N-dealkylation sites (N-methyl/N-ethyl adjacent to an activating group) is 1. The van der Waals surface area contributed by atoms with Gasteiger partial charge < -0.3 is 10.0 Å². The van der Waals surface area contributed by atoms with E-state index in [4.69, 9.17) is 5.11 Å². The molecule has 0 aliphatic carbocycles. The lowest BCUT2D eigenvalue weighted by Gasteiger charge is -2.38. The monoisotopic (exact) mass is 214 g/mol. The van der Waals surface area contributed by atoms with E-state index in [1.54, 1.807) is 6.92 Å². The molecule has 0 aromatic rings. The van der Waals surface area contributed by atoms with E-state index in [-0.39, 0.29) is 12.5 Å². The first kappa shape index (κ1) is 12.5. The van der Waals surface area contributed by atoms with Gasteiger partial charge in [-0.2, -0.15) is 0 Å². The third kappa shape index (κ3) is 3.47. The van der Waals surface area contributed by atoms with Gasteiger partial charge in [0.1, 0.15) is 0 Å². The smallest absolute Gasteiger partial charge is 0.219 e. The highest BCUT2D eigenvalue weighted by Gasteiger charge is 2.25. The highest BCUT2D eigenvalue weighted by Crippen LogP contribution is 2.15. The Kier molecular flexibility index (Phi) is 5.05. The second-order valence-electron chi connectivity index (χ2n) is 4.11. The first-order chi connectivity index (χ1) is 7.19. The topological polar surface area (TPSA) is 43.8 Å². The summed E-state index contributed by atoms with van der Waals surface area (Å²) in [6.45, 7) is 7.30. The number of hydrogen-bond acceptors (Lipinski definition) is 3. The number of aliphatic hydroxyl groups excluding tert-OH is 1. The summed E-state index contributed by atoms with van der Waals surface area (Å²) in [7, 11) is 0. The Morgan fingerprint density at radius 1 is 1.60 bits per heavy atom. The number of carbonyl (C=O) groups excluding carboxylic acids is 1. The van der Waals surface area contributed by atoms with Crippen molar-refractivity contribution in [1.82, 2.24) is 9.80 Å². The molecular formula is C11H22N2O2. The predicted molar refractivity (Wildman–Crippen MR) is 59.6 cm³/mol. The van der Waals surface area contributed by atoms with Crippen LogP contribution < -0.4 is 0 Å². The molecule has 4 nitrogen and oxygen atoms in total. The van der Waals surface area contributed by atoms with E-state index in [9.17, 15) is 4.79 Å². The number of carbonyl (C=O) groups is 1. The molecule has 1 saturated heterocycles. The second-order valence-corrected chi connectivity index (χ2v) is 4.11. The Morgan fingerprint density at radius 2 is 2.33 bits per heavy atom. The molecule has 1 atom stereocenters. The van der Waals surface area contributed by atoms with Crippen molar-refractivity contribution in [2.75, 3.05) is 32.8 Å². The van der Waals surface area contributed by atoms with Crippen LogP contribution in [0.1, 0.15) is 26.7 Å². The van der Waals surface area contributed by atoms with E-state index in [0.717, 1.165) is 32.5 Å². The average molecular weight is 214 g/mol. The molecule has 1 unspecified atom stereocenters. The van der Waals surface area contributed by atoms with Crippen LogP contribution in [0.3, 0.4) is 0 Å². The van der Waals surface area contributed by atoms with Crippen LogP contribution >= 0.6 is 0 Å². The molecule has 0 spiro atoms. The maximum absolute atomic E-state index is 11.3. The van der Waals surface area contributed by atoms with Gasteiger partial charge in [0.15, 0.2) is 0 Å². The van der Waals surface area contributed by atoms with Gasteiger partial charge in [0.2, 0.25) is 5.91 Å². The maximum Gasteiger partial charge on any atom is 0.219 e. The van der Waals surface area contributed by atoms with Crippen molar-refractivity contribution >= 4 is 5.91 Å². The number of nitrogens with zero attached hydrogens (tertiary/aromatic N) is 2. The quantitative estimate of drug-likeness (QED) is 0.732. The van der Waals surface area contributed by atoms with E-state index in [2.05, 4.69) is 11.8 Å². The maximum atomic E-state index is 11.3. The van der Waals surface area contributed by atoms with E-state index in [1.807, 2.05) is 4.90 Å². The lowest BCUT2D eigenvalue weighted by Crippen LogP contribution is -2.49. The molecule has 0 bridgehead atoms. The van der Waals surface area contributed by atoms with Crippen molar-refractivity contribution < 1.29 is 9.90 Å². The Morgan fingerprint density at radius 3 is 2.87 bits per heavy atom. The molecule has 88 valence electrons. The predicted octanol–water partition coefficient (Wildman–Crippen LogP) is 0.311. The van der Waals surface area contributed by atoms with E-state index < -0.39 is 0 Å². The molecule has 1 rings (SSSR count). The van der Waals surface area contributed by atoms with Crippen molar-refractivity contribution in [3.8, 4) is 0 Å². The van der Waals surface area contributed by atoms with Crippen molar-refractivity contribution in [3.63, 3.8) is 0 Å². The number of amides is 1. The normalized spacial score (nSPS) is 22.1. The Balaban J connectivity index is 2.49. The lowest BCUT2D eigenvalue weighted by atomic mass is 10.0. The van der Waals surface area contributed by atoms with Crippen LogP contribution in [0.15, 0.2) is 0 Å². The summed E-state index contributed by atoms with van der Waals surface area (Å²) >= 11 is 0. The van der Waals surface area contributed by atoms with Gasteiger partial charge in [-0.3, -0.25) is 9.69 Å². The minimum Gasteiger partial charge on any atom is -0.395 e. The number of piperidine rings is 1. The third-order valence-electron chi connectivity index (χ3n) is 3.15. The lowest BCUT2D eigenvalue weighted by molar-refractivity contribution is -0.131. The van der Waals surface area contributed by atoms with Gasteiger partial charge in [-0.15, -0.1) is 0 Å². The molecular weight excluding hydrogens is 192 g/mol. The first-order valence-corrected chi connectivity index (χ1v) is 5.79. The fraction of sp³-hybridized carbons (Fsp3) is 0.909. The van der Waals surface area contributed by atoms with Gasteiger partial charge in [0.25, 0.3) is 0 Å². The molecule has 1 fully saturated rings. The zero-order chi connectivity index (χ0) is 11.3. The van der Waals surface area contributed by atoms with Crippen molar-refractivity contribution in [2.45, 2.75) is 32.7 Å². The van der Waals surface area contributed by atoms with Gasteiger partial charge >= 0.3 is 0 Å². The van der Waals surface area contributed by atoms with Gasteiger partial charge in [-0.25, -0.2) is 0 Å². The molecule has 4 heteroatoms. The summed E-state index contributed by atoms with van der Waals surface area (Å²) in [5.74, 6) is 0.166. The minimum atomic E-state index is 0.166. The highest BCUT2D eigenvalue weighted by atomic mass is 16.3. The van der Waals surface area contributed by atoms with Crippen LogP contribution in [-0.4, -0.2) is 59.6 Å². The summed E-state index contributed by atoms with van der Waals surface area (Å²) in [6, 6.07) is 0.430. The summed E-state index contributed by atoms with van der Waals surface area (Å²) < 4.78 is 0. The number of hydrogen-bond donors (Lipinski definition) is 1. The van der Waals surface area contributed by atoms with Gasteiger partial charge in [0, 0.05) is 32.6 Å². The highest BCUT2D eigenvalue weighted by molar-refractivity contribution is 5.73. The molecule has 0 aromatic carbocycles. The molecule has 1 N–H and O–H groups in total. The van der Waals surface area contributed by atoms with Gasteiger partial charge in [-0.1, -0.05) is 6.92 Å². The van der Waals surface area contributed by atoms with Crippen LogP contribution in [-0.2, 0) is 4.79 Å². The van der Waals surface area contributed by atoms with Crippen LogP contribution in [0.25, 0.3) is 0 Å². The van der Waals surface area contributed by atoms with Crippen LogP contribution in [0.4, 0.5) is 0 Å². The van der Waals surface area contributed by atoms with Crippen molar-refractivity contribution in [2.24, 2.45) is 0 Å². The Bertz CT molecular complexity index is 209. The molecule has 1 aliphatic heterocycles. The zero-order valence-electron chi connectivity index (χ0n) is 9.78. The van der Waals surface area contributed by atoms with E-state index in [1.165, 1.54) is 0 Å². The van der Waals surface area contributed by atoms with Gasteiger partial charge in [-0.05, 0) is 19.4 Å². The molecule has 1 aliphatic rings. The third-order valence-corrected chi connectivity index (χ3v) is 3.15. The average Bonchev–Trinajstić information content (AvgIpc) is 2.26. The zero-order valence-corrected chi connectivity index (χ0v) is 9.78. The molecule has 1 heterocycles. The summed E-state index contributed by atoms with van der Waals surface area (Å²) in [5.41, 5.74) is 0. The SMILES string of the molecule is CCN(CCO)C1CCCN(C(C)=O)C1. The van der Waals surface area contributed by atoms with Gasteiger partial charge in [0.05, 0.1) is 6.61 Å². The van der Waals surface area contributed by atoms with Crippen LogP contribution in [0, 0.1) is 0 Å². The summed E-state index contributed by atoms with van der Waals surface area (Å²) in [6.07, 6.45) is 2.21. The summed E-state index contributed by atoms with van der Waals surface area (Å²) in [5, 5.41) is 8.95. The summed E-state index contributed by atoms with van der Waals surface area (Å²) in [4.78, 5) is 15.4. The minimum absolute atomic E-state index is 0.166. The van der Waals surface area contributed by atoms with E-state index >= 15 is 0 Å². The number of likely N-dealkylation sites (tertiary alicyclic amines) is 1. The first-order valence-electron chi connectivity index (χ1n) is 5.79. The standard InChI is InChI=1S/C11H22N2O2/c1-3-12(7-8-14)11-5-4-6-13(9-11)10(2)15/h11,14H,3-9H2,1-2H3. The molecule has 1 amide bonds. The molecule has 0 aromatic heterocycles. The molecule has 0 saturated carbocycles. The van der Waals surface area contributed by atoms with Crippen molar-refractivity contribution in [1.29, 1.82) is 0 Å². The second kappa shape index (κ2) is 6.08. The van der Waals surface area contributed by atoms with Crippen molar-refractivity contribution in [3.05, 3.63) is 0 Å². The van der Waals surface area contributed by atoms with Crippen LogP contribution in [0.5, 0.6) is 0 Å². The largest absolute Gasteiger partial charge is 0.395 e. The fourth-order valence-electron chi connectivity index (χ4n) is 2.27. The Hall–Kier alpha value is -0.610. The van der Waals surface area contributed by atoms with E-state index in [0.29, 0.717) is 12.6 Å². The van der Waals surface area contributed by atoms with Crippen LogP contribution in [0.2, 0.25) is 0 Å². The fourth-order valence-corrected chi connectivity index (χ4v) is 2.27. The molecule has 0 radical (unpaired) electrons. The number of rotatable bonds is 4. The molecule has 15 heavy (non-hydrogen) atoms. The Labute approximate surface area is 91.9 Å².